The standard InChI is InChI=1S/C12H14FN3O3S/c1-20(18,19)10-7(6-2-3-6)4-5-8(9(10)13)11(17)16-12(14)15/h4-6H,2-3H2,1H3,(H4,14,15,16,17). The van der Waals surface area contributed by atoms with Crippen molar-refractivity contribution in [2.45, 2.75) is 23.7 Å². The minimum atomic E-state index is -3.79. The molecule has 4 N–H and O–H groups in total. The fourth-order valence-electron chi connectivity index (χ4n) is 2.01. The monoisotopic (exact) mass is 299 g/mol. The van der Waals surface area contributed by atoms with Gasteiger partial charge in [0.1, 0.15) is 4.90 Å². The van der Waals surface area contributed by atoms with E-state index in [9.17, 15) is 17.6 Å². The fourth-order valence-corrected chi connectivity index (χ4v) is 3.10. The molecule has 0 atom stereocenters. The zero-order valence-corrected chi connectivity index (χ0v) is 11.6. The third kappa shape index (κ3) is 2.79. The molecule has 0 aliphatic heterocycles. The predicted molar refractivity (Wildman–Crippen MR) is 71.6 cm³/mol. The Hall–Kier alpha value is -1.96. The zero-order valence-electron chi connectivity index (χ0n) is 10.8. The molecule has 0 saturated heterocycles. The summed E-state index contributed by atoms with van der Waals surface area (Å²) in [6.07, 6.45) is 2.53. The number of hydrogen-bond donors (Lipinski definition) is 2. The smallest absolute Gasteiger partial charge is 0.283 e. The summed E-state index contributed by atoms with van der Waals surface area (Å²) >= 11 is 0. The minimum absolute atomic E-state index is 0.0291. The highest BCUT2D eigenvalue weighted by molar-refractivity contribution is 7.90. The van der Waals surface area contributed by atoms with Crippen LogP contribution in [-0.4, -0.2) is 26.5 Å². The number of hydrogen-bond acceptors (Lipinski definition) is 3. The summed E-state index contributed by atoms with van der Waals surface area (Å²) in [6.45, 7) is 0. The van der Waals surface area contributed by atoms with Crippen molar-refractivity contribution in [3.8, 4) is 0 Å². The molecule has 1 saturated carbocycles. The van der Waals surface area contributed by atoms with Gasteiger partial charge in [0.05, 0.1) is 5.56 Å². The quantitative estimate of drug-likeness (QED) is 0.623. The SMILES string of the molecule is CS(=O)(=O)c1c(C2CC2)ccc(C(=O)N=C(N)N)c1F. The lowest BCUT2D eigenvalue weighted by atomic mass is 10.1. The van der Waals surface area contributed by atoms with Crippen LogP contribution < -0.4 is 11.5 Å². The molecule has 0 unspecified atom stereocenters. The fraction of sp³-hybridized carbons (Fsp3) is 0.333. The second-order valence-electron chi connectivity index (χ2n) is 4.73. The molecule has 0 aromatic heterocycles. The third-order valence-electron chi connectivity index (χ3n) is 2.98. The Morgan fingerprint density at radius 3 is 2.40 bits per heavy atom. The number of nitrogens with zero attached hydrogens (tertiary/aromatic N) is 1. The Labute approximate surface area is 115 Å². The molecule has 0 spiro atoms. The maximum absolute atomic E-state index is 14.4. The Morgan fingerprint density at radius 1 is 1.35 bits per heavy atom. The number of guanidine groups is 1. The molecule has 0 heterocycles. The van der Waals surface area contributed by atoms with Crippen LogP contribution in [0.2, 0.25) is 0 Å². The van der Waals surface area contributed by atoms with Crippen molar-refractivity contribution >= 4 is 21.7 Å². The summed E-state index contributed by atoms with van der Waals surface area (Å²) in [6, 6.07) is 2.67. The summed E-state index contributed by atoms with van der Waals surface area (Å²) in [5.41, 5.74) is 10.1. The van der Waals surface area contributed by atoms with Crippen LogP contribution in [-0.2, 0) is 9.84 Å². The van der Waals surface area contributed by atoms with E-state index in [2.05, 4.69) is 4.99 Å². The van der Waals surface area contributed by atoms with Gasteiger partial charge in [-0.05, 0) is 30.4 Å². The van der Waals surface area contributed by atoms with E-state index in [0.29, 0.717) is 5.56 Å². The Balaban J connectivity index is 2.64. The zero-order chi connectivity index (χ0) is 15.1. The first kappa shape index (κ1) is 14.4. The van der Waals surface area contributed by atoms with Gasteiger partial charge >= 0.3 is 0 Å². The predicted octanol–water partition coefficient (Wildman–Crippen LogP) is 0.520. The molecule has 108 valence electrons. The number of benzene rings is 1. The summed E-state index contributed by atoms with van der Waals surface area (Å²) in [4.78, 5) is 14.5. The summed E-state index contributed by atoms with van der Waals surface area (Å²) in [7, 11) is -3.79. The summed E-state index contributed by atoms with van der Waals surface area (Å²) in [5.74, 6) is -2.58. The molecule has 1 aromatic rings. The topological polar surface area (TPSA) is 116 Å². The number of carbonyl (C=O) groups is 1. The average molecular weight is 299 g/mol. The molecular formula is C12H14FN3O3S. The number of amides is 1. The van der Waals surface area contributed by atoms with E-state index >= 15 is 0 Å². The van der Waals surface area contributed by atoms with Gasteiger partial charge in [0.15, 0.2) is 21.6 Å². The van der Waals surface area contributed by atoms with Gasteiger partial charge in [0.25, 0.3) is 5.91 Å². The Bertz CT molecular complexity index is 705. The van der Waals surface area contributed by atoms with Crippen molar-refractivity contribution in [2.24, 2.45) is 16.5 Å². The first-order chi connectivity index (χ1) is 9.21. The van der Waals surface area contributed by atoms with Gasteiger partial charge in [0, 0.05) is 6.26 Å². The summed E-state index contributed by atoms with van der Waals surface area (Å²) < 4.78 is 37.9. The van der Waals surface area contributed by atoms with Gasteiger partial charge in [-0.15, -0.1) is 0 Å². The molecule has 1 aliphatic carbocycles. The second-order valence-corrected chi connectivity index (χ2v) is 6.69. The van der Waals surface area contributed by atoms with E-state index in [0.717, 1.165) is 19.1 Å². The first-order valence-corrected chi connectivity index (χ1v) is 7.77. The van der Waals surface area contributed by atoms with Gasteiger partial charge in [-0.2, -0.15) is 4.99 Å². The van der Waals surface area contributed by atoms with E-state index in [1.807, 2.05) is 0 Å². The van der Waals surface area contributed by atoms with Crippen molar-refractivity contribution in [1.29, 1.82) is 0 Å². The molecule has 0 radical (unpaired) electrons. The molecule has 2 rings (SSSR count). The average Bonchev–Trinajstić information content (AvgIpc) is 3.08. The van der Waals surface area contributed by atoms with Crippen LogP contribution in [0.15, 0.2) is 22.0 Å². The minimum Gasteiger partial charge on any atom is -0.370 e. The lowest BCUT2D eigenvalue weighted by Gasteiger charge is -2.10. The second kappa shape index (κ2) is 4.86. The maximum atomic E-state index is 14.4. The van der Waals surface area contributed by atoms with E-state index in [1.165, 1.54) is 12.1 Å². The Kier molecular flexibility index (Phi) is 3.51. The van der Waals surface area contributed by atoms with E-state index in [4.69, 9.17) is 11.5 Å². The number of nitrogens with two attached hydrogens (primary N) is 2. The number of rotatable bonds is 3. The molecule has 1 amide bonds. The van der Waals surface area contributed by atoms with Gasteiger partial charge < -0.3 is 11.5 Å². The third-order valence-corrected chi connectivity index (χ3v) is 4.13. The van der Waals surface area contributed by atoms with Crippen molar-refractivity contribution in [1.82, 2.24) is 0 Å². The van der Waals surface area contributed by atoms with Crippen molar-refractivity contribution in [3.05, 3.63) is 29.1 Å². The molecule has 1 aromatic carbocycles. The van der Waals surface area contributed by atoms with Gasteiger partial charge in [-0.3, -0.25) is 4.79 Å². The van der Waals surface area contributed by atoms with Crippen LogP contribution in [0.25, 0.3) is 0 Å². The molecular weight excluding hydrogens is 285 g/mol. The number of halogens is 1. The lowest BCUT2D eigenvalue weighted by Crippen LogP contribution is -2.24. The van der Waals surface area contributed by atoms with Gasteiger partial charge in [-0.25, -0.2) is 12.8 Å². The van der Waals surface area contributed by atoms with Gasteiger partial charge in [-0.1, -0.05) is 6.07 Å². The molecule has 1 aliphatic rings. The van der Waals surface area contributed by atoms with Crippen molar-refractivity contribution in [3.63, 3.8) is 0 Å². The van der Waals surface area contributed by atoms with Crippen LogP contribution in [0.4, 0.5) is 4.39 Å². The van der Waals surface area contributed by atoms with Crippen LogP contribution in [0.5, 0.6) is 0 Å². The highest BCUT2D eigenvalue weighted by atomic mass is 32.2. The van der Waals surface area contributed by atoms with E-state index in [1.54, 1.807) is 0 Å². The molecule has 1 fully saturated rings. The lowest BCUT2D eigenvalue weighted by molar-refractivity contribution is 0.0998. The molecule has 6 nitrogen and oxygen atoms in total. The van der Waals surface area contributed by atoms with Gasteiger partial charge in [0.2, 0.25) is 0 Å². The largest absolute Gasteiger partial charge is 0.370 e. The van der Waals surface area contributed by atoms with Crippen LogP contribution in [0.1, 0.15) is 34.7 Å². The molecule has 0 bridgehead atoms. The van der Waals surface area contributed by atoms with Crippen LogP contribution >= 0.6 is 0 Å². The van der Waals surface area contributed by atoms with E-state index in [-0.39, 0.29) is 5.92 Å². The Morgan fingerprint density at radius 2 is 1.95 bits per heavy atom. The van der Waals surface area contributed by atoms with Crippen molar-refractivity contribution < 1.29 is 17.6 Å². The number of carbonyl (C=O) groups excluding carboxylic acids is 1. The number of sulfone groups is 1. The first-order valence-electron chi connectivity index (χ1n) is 5.88. The van der Waals surface area contributed by atoms with Crippen LogP contribution in [0, 0.1) is 5.82 Å². The van der Waals surface area contributed by atoms with Crippen molar-refractivity contribution in [2.75, 3.05) is 6.26 Å². The molecule has 8 heteroatoms. The maximum Gasteiger partial charge on any atom is 0.283 e. The highest BCUT2D eigenvalue weighted by Crippen LogP contribution is 2.44. The summed E-state index contributed by atoms with van der Waals surface area (Å²) in [5, 5.41) is 0. The highest BCUT2D eigenvalue weighted by Gasteiger charge is 2.33. The normalized spacial score (nSPS) is 14.9. The van der Waals surface area contributed by atoms with Crippen LogP contribution in [0.3, 0.4) is 0 Å². The molecule has 20 heavy (non-hydrogen) atoms. The van der Waals surface area contributed by atoms with E-state index < -0.39 is 38.0 Å². The number of aliphatic imine (C=N–C) groups is 1.